The van der Waals surface area contributed by atoms with Crippen LogP contribution in [0.25, 0.3) is 44.7 Å². The molecule has 7 nitrogen and oxygen atoms in total. The number of esters is 1. The molecule has 0 unspecified atom stereocenters. The minimum atomic E-state index is -0.256. The van der Waals surface area contributed by atoms with Gasteiger partial charge in [-0.25, -0.2) is 9.78 Å². The van der Waals surface area contributed by atoms with Crippen LogP contribution in [-0.4, -0.2) is 45.6 Å². The number of aromatic nitrogens is 4. The minimum absolute atomic E-state index is 0.256. The van der Waals surface area contributed by atoms with Crippen LogP contribution in [-0.2, 0) is 4.74 Å². The summed E-state index contributed by atoms with van der Waals surface area (Å²) in [7, 11) is 0. The summed E-state index contributed by atoms with van der Waals surface area (Å²) in [6.45, 7) is 4.40. The highest BCUT2D eigenvalue weighted by Gasteiger charge is 2.18. The van der Waals surface area contributed by atoms with Gasteiger partial charge in [0.25, 0.3) is 0 Å². The van der Waals surface area contributed by atoms with Gasteiger partial charge in [-0.05, 0) is 73.7 Å². The molecular formula is C29H27N5O2S. The molecule has 0 amide bonds. The number of imidazole rings is 1. The summed E-state index contributed by atoms with van der Waals surface area (Å²) < 4.78 is 5.60. The van der Waals surface area contributed by atoms with Crippen molar-refractivity contribution in [2.75, 3.05) is 19.7 Å². The normalized spacial score (nSPS) is 15.6. The fourth-order valence-electron chi connectivity index (χ4n) is 4.75. The Labute approximate surface area is 219 Å². The van der Waals surface area contributed by atoms with Gasteiger partial charge in [-0.1, -0.05) is 12.1 Å². The summed E-state index contributed by atoms with van der Waals surface area (Å²) in [6.07, 6.45) is 5.78. The third kappa shape index (κ3) is 5.03. The highest BCUT2D eigenvalue weighted by Crippen LogP contribution is 2.32. The minimum Gasteiger partial charge on any atom is -0.461 e. The molecule has 8 heteroatoms. The zero-order valence-corrected chi connectivity index (χ0v) is 21.3. The van der Waals surface area contributed by atoms with E-state index in [-0.39, 0.29) is 5.97 Å². The topological polar surface area (TPSA) is 92.8 Å². The second-order valence-electron chi connectivity index (χ2n) is 9.43. The van der Waals surface area contributed by atoms with Gasteiger partial charge in [-0.2, -0.15) is 0 Å². The summed E-state index contributed by atoms with van der Waals surface area (Å²) in [5.74, 6) is 0.140. The number of piperidine rings is 1. The average Bonchev–Trinajstić information content (AvgIpc) is 3.62. The Bertz CT molecular complexity index is 1570. The molecule has 2 N–H and O–H groups in total. The van der Waals surface area contributed by atoms with Crippen molar-refractivity contribution in [1.82, 2.24) is 25.3 Å². The Kier molecular flexibility index (Phi) is 6.51. The summed E-state index contributed by atoms with van der Waals surface area (Å²) in [6, 6.07) is 16.1. The summed E-state index contributed by atoms with van der Waals surface area (Å²) in [5.41, 5.74) is 7.34. The monoisotopic (exact) mass is 509 g/mol. The molecule has 186 valence electrons. The van der Waals surface area contributed by atoms with E-state index in [9.17, 15) is 4.79 Å². The van der Waals surface area contributed by atoms with E-state index in [1.165, 1.54) is 11.3 Å². The van der Waals surface area contributed by atoms with E-state index < -0.39 is 0 Å². The molecule has 5 heterocycles. The molecule has 1 fully saturated rings. The number of nitrogens with one attached hydrogen (secondary N) is 2. The first kappa shape index (κ1) is 23.5. The number of nitrogens with zero attached hydrogens (tertiary/aromatic N) is 3. The number of benzene rings is 1. The molecule has 0 radical (unpaired) electrons. The maximum Gasteiger partial charge on any atom is 0.348 e. The molecule has 1 aromatic carbocycles. The standard InChI is InChI=1S/C29H27N5O2S/c1-18-4-2-6-25(34-18)28-27(32-17-33-28)20-7-8-24-21(10-20)11-22(14-31-24)23-12-26(37-16-23)29(35)36-15-19-5-3-9-30-13-19/h2,4,6-8,10-12,14,16-17,19,30H,3,5,9,13,15H2,1H3,(H,32,33)/t19-/m0/s1. The van der Waals surface area contributed by atoms with Gasteiger partial charge in [0.1, 0.15) is 4.88 Å². The fourth-order valence-corrected chi connectivity index (χ4v) is 5.56. The number of aromatic amines is 1. The maximum absolute atomic E-state index is 12.6. The third-order valence-corrected chi connectivity index (χ3v) is 7.63. The van der Waals surface area contributed by atoms with Crippen molar-refractivity contribution in [2.24, 2.45) is 5.92 Å². The number of fused-ring (bicyclic) bond motifs is 1. The van der Waals surface area contributed by atoms with Gasteiger partial charge >= 0.3 is 5.97 Å². The Hall–Kier alpha value is -3.88. The smallest absolute Gasteiger partial charge is 0.348 e. The Balaban J connectivity index is 1.24. The number of carbonyl (C=O) groups is 1. The Morgan fingerprint density at radius 1 is 1.11 bits per heavy atom. The van der Waals surface area contributed by atoms with Gasteiger partial charge < -0.3 is 15.0 Å². The molecule has 4 aromatic heterocycles. The van der Waals surface area contributed by atoms with Gasteiger partial charge in [-0.3, -0.25) is 9.97 Å². The van der Waals surface area contributed by atoms with Crippen LogP contribution >= 0.6 is 11.3 Å². The first-order valence-electron chi connectivity index (χ1n) is 12.5. The van der Waals surface area contributed by atoms with E-state index in [0.717, 1.165) is 76.3 Å². The molecule has 0 saturated carbocycles. The Morgan fingerprint density at radius 3 is 2.89 bits per heavy atom. The van der Waals surface area contributed by atoms with Crippen LogP contribution in [0.3, 0.4) is 0 Å². The number of aryl methyl sites for hydroxylation is 1. The molecule has 37 heavy (non-hydrogen) atoms. The molecule has 6 rings (SSSR count). The molecule has 1 aliphatic rings. The van der Waals surface area contributed by atoms with E-state index >= 15 is 0 Å². The zero-order valence-electron chi connectivity index (χ0n) is 20.5. The lowest BCUT2D eigenvalue weighted by Gasteiger charge is -2.22. The lowest BCUT2D eigenvalue weighted by molar-refractivity contribution is 0.0426. The molecule has 0 spiro atoms. The number of carbonyl (C=O) groups excluding carboxylic acids is 1. The third-order valence-electron chi connectivity index (χ3n) is 6.72. The van der Waals surface area contributed by atoms with Gasteiger partial charge in [0.05, 0.1) is 35.5 Å². The number of ether oxygens (including phenoxy) is 1. The van der Waals surface area contributed by atoms with Crippen LogP contribution < -0.4 is 5.32 Å². The van der Waals surface area contributed by atoms with Crippen molar-refractivity contribution in [2.45, 2.75) is 19.8 Å². The number of H-pyrrole nitrogens is 1. The molecule has 1 aliphatic heterocycles. The van der Waals surface area contributed by atoms with Gasteiger partial charge in [0, 0.05) is 40.9 Å². The second kappa shape index (κ2) is 10.2. The largest absolute Gasteiger partial charge is 0.461 e. The van der Waals surface area contributed by atoms with Gasteiger partial charge in [0.2, 0.25) is 0 Å². The SMILES string of the molecule is Cc1cccc(-c2[nH]cnc2-c2ccc3ncc(-c4csc(C(=O)OC[C@H]5CCCNC5)c4)cc3c2)n1. The number of hydrogen-bond donors (Lipinski definition) is 2. The van der Waals surface area contributed by atoms with E-state index in [1.807, 2.05) is 54.9 Å². The van der Waals surface area contributed by atoms with Crippen LogP contribution in [0, 0.1) is 12.8 Å². The second-order valence-corrected chi connectivity index (χ2v) is 10.3. The van der Waals surface area contributed by atoms with Crippen molar-refractivity contribution in [3.63, 3.8) is 0 Å². The number of pyridine rings is 2. The molecule has 0 bridgehead atoms. The van der Waals surface area contributed by atoms with Crippen molar-refractivity contribution >= 4 is 28.2 Å². The van der Waals surface area contributed by atoms with Gasteiger partial charge in [0.15, 0.2) is 0 Å². The lowest BCUT2D eigenvalue weighted by Crippen LogP contribution is -2.32. The van der Waals surface area contributed by atoms with E-state index in [1.54, 1.807) is 6.33 Å². The number of rotatable bonds is 6. The fraction of sp³-hybridized carbons (Fsp3) is 0.241. The van der Waals surface area contributed by atoms with Crippen molar-refractivity contribution < 1.29 is 9.53 Å². The molecule has 1 atom stereocenters. The van der Waals surface area contributed by atoms with Gasteiger partial charge in [-0.15, -0.1) is 11.3 Å². The van der Waals surface area contributed by atoms with Crippen LogP contribution in [0.15, 0.2) is 66.4 Å². The lowest BCUT2D eigenvalue weighted by atomic mass is 10.0. The first-order chi connectivity index (χ1) is 18.1. The van der Waals surface area contributed by atoms with E-state index in [0.29, 0.717) is 17.4 Å². The highest BCUT2D eigenvalue weighted by molar-refractivity contribution is 7.12. The van der Waals surface area contributed by atoms with Crippen molar-refractivity contribution in [3.8, 4) is 33.8 Å². The van der Waals surface area contributed by atoms with E-state index in [2.05, 4.69) is 37.4 Å². The van der Waals surface area contributed by atoms with Crippen LogP contribution in [0.4, 0.5) is 0 Å². The Morgan fingerprint density at radius 2 is 2.03 bits per heavy atom. The molecule has 5 aromatic rings. The maximum atomic E-state index is 12.6. The predicted molar refractivity (Wildman–Crippen MR) is 146 cm³/mol. The average molecular weight is 510 g/mol. The zero-order chi connectivity index (χ0) is 25.2. The predicted octanol–water partition coefficient (Wildman–Crippen LogP) is 5.88. The quantitative estimate of drug-likeness (QED) is 0.278. The van der Waals surface area contributed by atoms with Crippen LogP contribution in [0.1, 0.15) is 28.2 Å². The molecule has 1 saturated heterocycles. The summed E-state index contributed by atoms with van der Waals surface area (Å²) in [4.78, 5) is 30.4. The highest BCUT2D eigenvalue weighted by atomic mass is 32.1. The van der Waals surface area contributed by atoms with Crippen molar-refractivity contribution in [3.05, 3.63) is 77.0 Å². The summed E-state index contributed by atoms with van der Waals surface area (Å²) >= 11 is 1.41. The van der Waals surface area contributed by atoms with Crippen LogP contribution in [0.5, 0.6) is 0 Å². The molecule has 0 aliphatic carbocycles. The van der Waals surface area contributed by atoms with E-state index in [4.69, 9.17) is 4.74 Å². The number of hydrogen-bond acceptors (Lipinski definition) is 7. The van der Waals surface area contributed by atoms with Crippen molar-refractivity contribution in [1.29, 1.82) is 0 Å². The first-order valence-corrected chi connectivity index (χ1v) is 13.4. The number of thiophene rings is 1. The van der Waals surface area contributed by atoms with Crippen LogP contribution in [0.2, 0.25) is 0 Å². The molecular weight excluding hydrogens is 482 g/mol. The summed E-state index contributed by atoms with van der Waals surface area (Å²) in [5, 5.41) is 6.35.